The summed E-state index contributed by atoms with van der Waals surface area (Å²) < 4.78 is 52.7. The summed E-state index contributed by atoms with van der Waals surface area (Å²) in [6.45, 7) is 6.78. The molecule has 0 bridgehead atoms. The number of carbonyl (C=O) groups excluding carboxylic acids is 1. The molecule has 2 saturated heterocycles. The van der Waals surface area contributed by atoms with Crippen LogP contribution in [-0.2, 0) is 9.31 Å². The largest absolute Gasteiger partial charge is 0.494 e. The van der Waals surface area contributed by atoms with Crippen molar-refractivity contribution in [3.63, 3.8) is 0 Å². The number of nitrogens with zero attached hydrogens (tertiary/aromatic N) is 1. The summed E-state index contributed by atoms with van der Waals surface area (Å²) in [4.78, 5) is 13.3. The SMILES string of the molecule is CC1(C)OB(c2ccc(C(=O)N3CCC(F)(F)C3)c(F)c2)OC1(C)C. The molecule has 0 spiro atoms. The predicted octanol–water partition coefficient (Wildman–Crippen LogP) is 2.61. The topological polar surface area (TPSA) is 38.8 Å². The molecule has 0 atom stereocenters. The summed E-state index contributed by atoms with van der Waals surface area (Å²) in [5, 5.41) is 0. The summed E-state index contributed by atoms with van der Waals surface area (Å²) in [6.07, 6.45) is -0.396. The Labute approximate surface area is 145 Å². The first kappa shape index (κ1) is 18.3. The number of rotatable bonds is 2. The number of hydrogen-bond donors (Lipinski definition) is 0. The van der Waals surface area contributed by atoms with Crippen molar-refractivity contribution >= 4 is 18.5 Å². The summed E-state index contributed by atoms with van der Waals surface area (Å²) in [6, 6.07) is 4.00. The van der Waals surface area contributed by atoms with Crippen LogP contribution in [0, 0.1) is 5.82 Å². The Kier molecular flexibility index (Phi) is 4.19. The molecule has 0 N–H and O–H groups in total. The minimum absolute atomic E-state index is 0.0791. The van der Waals surface area contributed by atoms with Crippen LogP contribution in [0.5, 0.6) is 0 Å². The van der Waals surface area contributed by atoms with Crippen molar-refractivity contribution in [1.82, 2.24) is 4.90 Å². The van der Waals surface area contributed by atoms with Crippen molar-refractivity contribution < 1.29 is 27.3 Å². The van der Waals surface area contributed by atoms with Gasteiger partial charge in [-0.3, -0.25) is 4.79 Å². The second kappa shape index (κ2) is 5.74. The van der Waals surface area contributed by atoms with E-state index in [9.17, 15) is 18.0 Å². The Bertz CT molecular complexity index is 692. The highest BCUT2D eigenvalue weighted by Gasteiger charge is 2.52. The quantitative estimate of drug-likeness (QED) is 0.766. The first-order valence-corrected chi connectivity index (χ1v) is 8.24. The summed E-state index contributed by atoms with van der Waals surface area (Å²) in [7, 11) is -0.750. The summed E-state index contributed by atoms with van der Waals surface area (Å²) in [5.74, 6) is -4.41. The van der Waals surface area contributed by atoms with E-state index >= 15 is 0 Å². The van der Waals surface area contributed by atoms with Gasteiger partial charge in [0.2, 0.25) is 0 Å². The van der Waals surface area contributed by atoms with Crippen molar-refractivity contribution in [2.24, 2.45) is 0 Å². The second-order valence-electron chi connectivity index (χ2n) is 7.66. The molecule has 0 unspecified atom stereocenters. The zero-order chi connectivity index (χ0) is 18.6. The fourth-order valence-electron chi connectivity index (χ4n) is 2.91. The molecule has 2 fully saturated rings. The molecule has 25 heavy (non-hydrogen) atoms. The fourth-order valence-corrected chi connectivity index (χ4v) is 2.91. The van der Waals surface area contributed by atoms with Crippen LogP contribution in [0.15, 0.2) is 18.2 Å². The number of halogens is 3. The molecule has 2 heterocycles. The zero-order valence-electron chi connectivity index (χ0n) is 14.7. The highest BCUT2D eigenvalue weighted by Crippen LogP contribution is 2.36. The molecule has 4 nitrogen and oxygen atoms in total. The molecule has 2 aliphatic heterocycles. The van der Waals surface area contributed by atoms with Gasteiger partial charge in [-0.05, 0) is 45.3 Å². The van der Waals surface area contributed by atoms with Crippen LogP contribution in [0.25, 0.3) is 0 Å². The number of carbonyl (C=O) groups is 1. The lowest BCUT2D eigenvalue weighted by Gasteiger charge is -2.32. The maximum Gasteiger partial charge on any atom is 0.494 e. The highest BCUT2D eigenvalue weighted by atomic mass is 19.3. The van der Waals surface area contributed by atoms with Gasteiger partial charge < -0.3 is 14.2 Å². The van der Waals surface area contributed by atoms with Crippen LogP contribution in [0.1, 0.15) is 44.5 Å². The summed E-state index contributed by atoms with van der Waals surface area (Å²) >= 11 is 0. The van der Waals surface area contributed by atoms with E-state index in [-0.39, 0.29) is 12.1 Å². The van der Waals surface area contributed by atoms with E-state index in [4.69, 9.17) is 9.31 Å². The molecule has 2 aliphatic rings. The van der Waals surface area contributed by atoms with E-state index < -0.39 is 48.9 Å². The van der Waals surface area contributed by atoms with Gasteiger partial charge in [0.25, 0.3) is 11.8 Å². The first-order valence-electron chi connectivity index (χ1n) is 8.24. The lowest BCUT2D eigenvalue weighted by atomic mass is 9.78. The van der Waals surface area contributed by atoms with Crippen molar-refractivity contribution in [3.05, 3.63) is 29.6 Å². The standard InChI is InChI=1S/C17H21BF3NO3/c1-15(2)16(3,4)25-18(24-15)11-5-6-12(13(19)9-11)14(23)22-8-7-17(20,21)10-22/h5-6,9H,7-8,10H2,1-4H3. The molecular weight excluding hydrogens is 334 g/mol. The fraction of sp³-hybridized carbons (Fsp3) is 0.588. The molecule has 8 heteroatoms. The summed E-state index contributed by atoms with van der Waals surface area (Å²) in [5.41, 5.74) is -0.912. The third kappa shape index (κ3) is 3.29. The lowest BCUT2D eigenvalue weighted by molar-refractivity contribution is 0.00578. The average molecular weight is 355 g/mol. The molecule has 0 radical (unpaired) electrons. The van der Waals surface area contributed by atoms with E-state index in [0.29, 0.717) is 5.46 Å². The van der Waals surface area contributed by atoms with Gasteiger partial charge in [-0.15, -0.1) is 0 Å². The Morgan fingerprint density at radius 3 is 2.24 bits per heavy atom. The second-order valence-corrected chi connectivity index (χ2v) is 7.66. The minimum Gasteiger partial charge on any atom is -0.399 e. The van der Waals surface area contributed by atoms with Gasteiger partial charge in [0, 0.05) is 13.0 Å². The smallest absolute Gasteiger partial charge is 0.399 e. The van der Waals surface area contributed by atoms with Crippen molar-refractivity contribution in [3.8, 4) is 0 Å². The van der Waals surface area contributed by atoms with Gasteiger partial charge in [0.15, 0.2) is 0 Å². The van der Waals surface area contributed by atoms with E-state index in [1.54, 1.807) is 0 Å². The van der Waals surface area contributed by atoms with Crippen molar-refractivity contribution in [2.75, 3.05) is 13.1 Å². The van der Waals surface area contributed by atoms with Crippen LogP contribution in [0.4, 0.5) is 13.2 Å². The molecule has 136 valence electrons. The molecule has 0 saturated carbocycles. The van der Waals surface area contributed by atoms with Crippen LogP contribution < -0.4 is 5.46 Å². The van der Waals surface area contributed by atoms with Crippen LogP contribution in [-0.4, -0.2) is 48.1 Å². The number of likely N-dealkylation sites (tertiary alicyclic amines) is 1. The monoisotopic (exact) mass is 355 g/mol. The molecule has 1 amide bonds. The highest BCUT2D eigenvalue weighted by molar-refractivity contribution is 6.62. The molecule has 0 aromatic heterocycles. The third-order valence-corrected chi connectivity index (χ3v) is 5.21. The maximum absolute atomic E-state index is 14.4. The van der Waals surface area contributed by atoms with Gasteiger partial charge >= 0.3 is 7.12 Å². The van der Waals surface area contributed by atoms with Gasteiger partial charge in [-0.1, -0.05) is 6.07 Å². The molecular formula is C17H21BF3NO3. The average Bonchev–Trinajstić information content (AvgIpc) is 2.95. The lowest BCUT2D eigenvalue weighted by Crippen LogP contribution is -2.41. The first-order chi connectivity index (χ1) is 11.4. The van der Waals surface area contributed by atoms with E-state index in [0.717, 1.165) is 4.90 Å². The molecule has 3 rings (SSSR count). The van der Waals surface area contributed by atoms with Gasteiger partial charge in [0.05, 0.1) is 23.3 Å². The van der Waals surface area contributed by atoms with Gasteiger partial charge in [0.1, 0.15) is 5.82 Å². The minimum atomic E-state index is -2.91. The van der Waals surface area contributed by atoms with Crippen LogP contribution in [0.3, 0.4) is 0 Å². The number of hydrogen-bond acceptors (Lipinski definition) is 3. The Hall–Kier alpha value is -1.54. The van der Waals surface area contributed by atoms with E-state index in [1.807, 2.05) is 27.7 Å². The number of benzene rings is 1. The van der Waals surface area contributed by atoms with Crippen LogP contribution in [0.2, 0.25) is 0 Å². The van der Waals surface area contributed by atoms with E-state index in [2.05, 4.69) is 0 Å². The van der Waals surface area contributed by atoms with Gasteiger partial charge in [-0.2, -0.15) is 0 Å². The van der Waals surface area contributed by atoms with Gasteiger partial charge in [-0.25, -0.2) is 13.2 Å². The Morgan fingerprint density at radius 2 is 1.76 bits per heavy atom. The van der Waals surface area contributed by atoms with Crippen LogP contribution >= 0.6 is 0 Å². The number of alkyl halides is 2. The molecule has 1 aromatic carbocycles. The van der Waals surface area contributed by atoms with Crippen molar-refractivity contribution in [1.29, 1.82) is 0 Å². The normalized spacial score (nSPS) is 24.0. The third-order valence-electron chi connectivity index (χ3n) is 5.21. The van der Waals surface area contributed by atoms with E-state index in [1.165, 1.54) is 18.2 Å². The predicted molar refractivity (Wildman–Crippen MR) is 87.6 cm³/mol. The molecule has 1 aromatic rings. The zero-order valence-corrected chi connectivity index (χ0v) is 14.7. The van der Waals surface area contributed by atoms with Crippen molar-refractivity contribution in [2.45, 2.75) is 51.2 Å². The molecule has 0 aliphatic carbocycles. The number of amides is 1. The Morgan fingerprint density at radius 1 is 1.16 bits per heavy atom. The maximum atomic E-state index is 14.4. The Balaban J connectivity index is 1.79.